The first kappa shape index (κ1) is 21.0. The van der Waals surface area contributed by atoms with E-state index in [0.717, 1.165) is 24.2 Å². The minimum atomic E-state index is -0.0654. The molecule has 0 saturated heterocycles. The topological polar surface area (TPSA) is 47.6 Å². The number of carbonyl (C=O) groups excluding carboxylic acids is 1. The van der Waals surface area contributed by atoms with E-state index in [1.807, 2.05) is 64.1 Å². The van der Waals surface area contributed by atoms with Gasteiger partial charge in [-0.3, -0.25) is 4.79 Å². The Kier molecular flexibility index (Phi) is 8.34. The third kappa shape index (κ3) is 7.06. The van der Waals surface area contributed by atoms with Crippen molar-refractivity contribution < 1.29 is 14.3 Å². The average Bonchev–Trinajstić information content (AvgIpc) is 2.66. The number of carbonyl (C=O) groups is 1. The minimum absolute atomic E-state index is 0.0654. The maximum absolute atomic E-state index is 12.6. The zero-order valence-corrected chi connectivity index (χ0v) is 16.8. The quantitative estimate of drug-likeness (QED) is 0.657. The molecule has 0 aliphatic heterocycles. The summed E-state index contributed by atoms with van der Waals surface area (Å²) in [5.74, 6) is 0.705. The van der Waals surface area contributed by atoms with Crippen LogP contribution in [0.2, 0.25) is 0 Å². The number of rotatable bonds is 10. The Hall–Kier alpha value is -2.33. The molecule has 2 rings (SSSR count). The monoisotopic (exact) mass is 369 g/mol. The summed E-state index contributed by atoms with van der Waals surface area (Å²) in [7, 11) is 0. The van der Waals surface area contributed by atoms with Crippen LogP contribution in [0.15, 0.2) is 48.5 Å². The van der Waals surface area contributed by atoms with Gasteiger partial charge in [0.1, 0.15) is 5.75 Å². The highest BCUT2D eigenvalue weighted by atomic mass is 16.5. The third-order valence-corrected chi connectivity index (χ3v) is 4.28. The Morgan fingerprint density at radius 1 is 1.07 bits per heavy atom. The van der Waals surface area contributed by atoms with E-state index in [0.29, 0.717) is 18.8 Å². The molecule has 0 fully saturated rings. The molecule has 1 amide bonds. The van der Waals surface area contributed by atoms with Crippen molar-refractivity contribution in [3.05, 3.63) is 65.2 Å². The molecule has 1 atom stereocenters. The molecule has 0 spiro atoms. The van der Waals surface area contributed by atoms with E-state index in [2.05, 4.69) is 17.4 Å². The number of amides is 1. The summed E-state index contributed by atoms with van der Waals surface area (Å²) in [6, 6.07) is 15.9. The highest BCUT2D eigenvalue weighted by molar-refractivity contribution is 5.94. The fraction of sp³-hybridized carbons (Fsp3) is 0.435. The Bertz CT molecular complexity index is 713. The normalized spacial score (nSPS) is 12.0. The van der Waals surface area contributed by atoms with E-state index in [4.69, 9.17) is 9.47 Å². The van der Waals surface area contributed by atoms with Crippen LogP contribution >= 0.6 is 0 Å². The number of hydrogen-bond donors (Lipinski definition) is 1. The lowest BCUT2D eigenvalue weighted by Crippen LogP contribution is -2.33. The molecule has 0 heterocycles. The van der Waals surface area contributed by atoms with Gasteiger partial charge in [0.05, 0.1) is 19.3 Å². The fourth-order valence-corrected chi connectivity index (χ4v) is 2.79. The van der Waals surface area contributed by atoms with Crippen molar-refractivity contribution in [3.63, 3.8) is 0 Å². The molecule has 2 aromatic carbocycles. The van der Waals surface area contributed by atoms with Gasteiger partial charge in [-0.05, 0) is 64.3 Å². The number of benzene rings is 2. The lowest BCUT2D eigenvalue weighted by molar-refractivity contribution is 0.0641. The first-order valence-electron chi connectivity index (χ1n) is 9.71. The zero-order valence-electron chi connectivity index (χ0n) is 16.8. The molecule has 0 saturated carbocycles. The summed E-state index contributed by atoms with van der Waals surface area (Å²) < 4.78 is 11.4. The standard InChI is InChI=1S/C23H31NO3/c1-5-26-22-14-13-20(15-21(22)16-27-17(2)3)23(25)24-18(4)11-12-19-9-7-6-8-10-19/h6-10,13-15,17-18H,5,11-12,16H2,1-4H3,(H,24,25)/t18-/m0/s1. The average molecular weight is 370 g/mol. The highest BCUT2D eigenvalue weighted by Crippen LogP contribution is 2.22. The molecule has 0 unspecified atom stereocenters. The van der Waals surface area contributed by atoms with Crippen LogP contribution in [0.4, 0.5) is 0 Å². The molecule has 146 valence electrons. The van der Waals surface area contributed by atoms with Crippen LogP contribution in [0, 0.1) is 0 Å². The van der Waals surface area contributed by atoms with Gasteiger partial charge in [0.25, 0.3) is 5.91 Å². The van der Waals surface area contributed by atoms with Crippen molar-refractivity contribution in [2.24, 2.45) is 0 Å². The van der Waals surface area contributed by atoms with E-state index >= 15 is 0 Å². The van der Waals surface area contributed by atoms with Gasteiger partial charge in [-0.2, -0.15) is 0 Å². The van der Waals surface area contributed by atoms with Gasteiger partial charge in [0, 0.05) is 17.2 Å². The molecule has 1 N–H and O–H groups in total. The third-order valence-electron chi connectivity index (χ3n) is 4.28. The lowest BCUT2D eigenvalue weighted by Gasteiger charge is -2.16. The van der Waals surface area contributed by atoms with Crippen LogP contribution in [0.3, 0.4) is 0 Å². The summed E-state index contributed by atoms with van der Waals surface area (Å²) in [4.78, 5) is 12.6. The van der Waals surface area contributed by atoms with E-state index in [9.17, 15) is 4.79 Å². The van der Waals surface area contributed by atoms with Gasteiger partial charge in [0.15, 0.2) is 0 Å². The molecule has 4 heteroatoms. The molecule has 0 aromatic heterocycles. The van der Waals surface area contributed by atoms with E-state index in [1.54, 1.807) is 0 Å². The Labute approximate surface area is 162 Å². The number of ether oxygens (including phenoxy) is 2. The predicted octanol–water partition coefficient (Wildman–Crippen LogP) is 4.76. The molecule has 27 heavy (non-hydrogen) atoms. The van der Waals surface area contributed by atoms with Crippen molar-refractivity contribution in [2.45, 2.75) is 59.3 Å². The molecule has 0 bridgehead atoms. The Balaban J connectivity index is 1.98. The maximum atomic E-state index is 12.6. The number of nitrogens with one attached hydrogen (secondary N) is 1. The molecular formula is C23H31NO3. The summed E-state index contributed by atoms with van der Waals surface area (Å²) in [6.07, 6.45) is 1.96. The lowest BCUT2D eigenvalue weighted by atomic mass is 10.1. The van der Waals surface area contributed by atoms with Gasteiger partial charge < -0.3 is 14.8 Å². The van der Waals surface area contributed by atoms with Crippen molar-refractivity contribution >= 4 is 5.91 Å². The van der Waals surface area contributed by atoms with E-state index in [-0.39, 0.29) is 18.1 Å². The van der Waals surface area contributed by atoms with Gasteiger partial charge >= 0.3 is 0 Å². The van der Waals surface area contributed by atoms with Crippen LogP contribution < -0.4 is 10.1 Å². The summed E-state index contributed by atoms with van der Waals surface area (Å²) in [5.41, 5.74) is 2.82. The predicted molar refractivity (Wildman–Crippen MR) is 109 cm³/mol. The van der Waals surface area contributed by atoms with Crippen LogP contribution in [-0.2, 0) is 17.8 Å². The van der Waals surface area contributed by atoms with Crippen molar-refractivity contribution in [2.75, 3.05) is 6.61 Å². The van der Waals surface area contributed by atoms with Crippen molar-refractivity contribution in [3.8, 4) is 5.75 Å². The second-order valence-corrected chi connectivity index (χ2v) is 7.01. The first-order valence-corrected chi connectivity index (χ1v) is 9.71. The largest absolute Gasteiger partial charge is 0.494 e. The molecular weight excluding hydrogens is 338 g/mol. The minimum Gasteiger partial charge on any atom is -0.494 e. The van der Waals surface area contributed by atoms with Crippen molar-refractivity contribution in [1.29, 1.82) is 0 Å². The summed E-state index contributed by atoms with van der Waals surface area (Å²) in [5, 5.41) is 3.09. The van der Waals surface area contributed by atoms with Crippen molar-refractivity contribution in [1.82, 2.24) is 5.32 Å². The SMILES string of the molecule is CCOc1ccc(C(=O)N[C@@H](C)CCc2ccccc2)cc1COC(C)C. The van der Waals surface area contributed by atoms with Crippen LogP contribution in [0.25, 0.3) is 0 Å². The smallest absolute Gasteiger partial charge is 0.251 e. The van der Waals surface area contributed by atoms with E-state index < -0.39 is 0 Å². The second-order valence-electron chi connectivity index (χ2n) is 7.01. The summed E-state index contributed by atoms with van der Waals surface area (Å²) in [6.45, 7) is 8.98. The number of aryl methyl sites for hydroxylation is 1. The Morgan fingerprint density at radius 3 is 2.48 bits per heavy atom. The first-order chi connectivity index (χ1) is 13.0. The van der Waals surface area contributed by atoms with Gasteiger partial charge in [-0.25, -0.2) is 0 Å². The molecule has 0 aliphatic carbocycles. The van der Waals surface area contributed by atoms with Crippen LogP contribution in [0.5, 0.6) is 5.75 Å². The molecule has 4 nitrogen and oxygen atoms in total. The maximum Gasteiger partial charge on any atom is 0.251 e. The van der Waals surface area contributed by atoms with Gasteiger partial charge in [-0.15, -0.1) is 0 Å². The van der Waals surface area contributed by atoms with Gasteiger partial charge in [-0.1, -0.05) is 30.3 Å². The van der Waals surface area contributed by atoms with E-state index in [1.165, 1.54) is 5.56 Å². The highest BCUT2D eigenvalue weighted by Gasteiger charge is 2.13. The summed E-state index contributed by atoms with van der Waals surface area (Å²) >= 11 is 0. The Morgan fingerprint density at radius 2 is 1.81 bits per heavy atom. The van der Waals surface area contributed by atoms with Gasteiger partial charge in [0.2, 0.25) is 0 Å². The fourth-order valence-electron chi connectivity index (χ4n) is 2.79. The number of hydrogen-bond acceptors (Lipinski definition) is 3. The molecule has 0 radical (unpaired) electrons. The van der Waals surface area contributed by atoms with Crippen LogP contribution in [0.1, 0.15) is 55.6 Å². The second kappa shape index (κ2) is 10.7. The van der Waals surface area contributed by atoms with Crippen LogP contribution in [-0.4, -0.2) is 24.7 Å². The zero-order chi connectivity index (χ0) is 19.6. The molecule has 0 aliphatic rings. The molecule has 2 aromatic rings.